The molecule has 0 saturated carbocycles. The van der Waals surface area contributed by atoms with Crippen LogP contribution < -0.4 is 5.56 Å². The number of imidazole rings is 1. The van der Waals surface area contributed by atoms with Gasteiger partial charge in [0.05, 0.1) is 12.0 Å². The predicted molar refractivity (Wildman–Crippen MR) is 82.9 cm³/mol. The molecule has 0 saturated heterocycles. The van der Waals surface area contributed by atoms with Gasteiger partial charge in [-0.3, -0.25) is 14.1 Å². The Bertz CT molecular complexity index is 812. The van der Waals surface area contributed by atoms with E-state index in [1.807, 2.05) is 19.2 Å². The summed E-state index contributed by atoms with van der Waals surface area (Å²) in [5, 5.41) is 0. The number of pyridine rings is 1. The highest BCUT2D eigenvalue weighted by atomic mass is 79.9. The van der Waals surface area contributed by atoms with Gasteiger partial charge in [0.1, 0.15) is 5.65 Å². The van der Waals surface area contributed by atoms with E-state index in [0.717, 1.165) is 22.4 Å². The van der Waals surface area contributed by atoms with Gasteiger partial charge in [0.2, 0.25) is 0 Å². The fourth-order valence-electron chi connectivity index (χ4n) is 2.20. The Kier molecular flexibility index (Phi) is 3.85. The summed E-state index contributed by atoms with van der Waals surface area (Å²) in [7, 11) is 1.98. The normalized spacial score (nSPS) is 11.4. The molecule has 0 unspecified atom stereocenters. The standard InChI is InChI=1S/C14H14BrN5O/c1-19(8-12-5-16-9-17-12)7-11-4-14(21)20-6-10(15)2-3-13(20)18-11/h2-6,9H,7-8H2,1H3,(H,16,17). The van der Waals surface area contributed by atoms with E-state index >= 15 is 0 Å². The number of nitrogens with one attached hydrogen (secondary N) is 1. The molecule has 0 aliphatic rings. The van der Waals surface area contributed by atoms with Crippen LogP contribution in [0, 0.1) is 0 Å². The van der Waals surface area contributed by atoms with Crippen LogP contribution in [0.5, 0.6) is 0 Å². The van der Waals surface area contributed by atoms with Crippen LogP contribution in [0.4, 0.5) is 0 Å². The van der Waals surface area contributed by atoms with Gasteiger partial charge in [0.25, 0.3) is 5.56 Å². The fourth-order valence-corrected chi connectivity index (χ4v) is 2.54. The number of aromatic nitrogens is 4. The number of fused-ring (bicyclic) bond motifs is 1. The van der Waals surface area contributed by atoms with Gasteiger partial charge in [0, 0.05) is 41.7 Å². The molecule has 21 heavy (non-hydrogen) atoms. The predicted octanol–water partition coefficient (Wildman–Crippen LogP) is 1.81. The lowest BCUT2D eigenvalue weighted by molar-refractivity contribution is 0.311. The molecule has 0 aromatic carbocycles. The van der Waals surface area contributed by atoms with E-state index in [1.165, 1.54) is 4.40 Å². The van der Waals surface area contributed by atoms with E-state index in [9.17, 15) is 4.79 Å². The number of aromatic amines is 1. The summed E-state index contributed by atoms with van der Waals surface area (Å²) in [6, 6.07) is 5.27. The number of H-pyrrole nitrogens is 1. The largest absolute Gasteiger partial charge is 0.347 e. The highest BCUT2D eigenvalue weighted by Crippen LogP contribution is 2.10. The highest BCUT2D eigenvalue weighted by molar-refractivity contribution is 9.10. The van der Waals surface area contributed by atoms with Crippen molar-refractivity contribution in [3.8, 4) is 0 Å². The summed E-state index contributed by atoms with van der Waals surface area (Å²) in [6.07, 6.45) is 5.17. The Balaban J connectivity index is 1.84. The first-order valence-corrected chi connectivity index (χ1v) is 7.25. The molecule has 0 aliphatic carbocycles. The minimum atomic E-state index is -0.0776. The zero-order valence-corrected chi connectivity index (χ0v) is 13.0. The van der Waals surface area contributed by atoms with Crippen molar-refractivity contribution in [2.45, 2.75) is 13.1 Å². The molecule has 0 radical (unpaired) electrons. The van der Waals surface area contributed by atoms with Crippen LogP contribution in [-0.4, -0.2) is 31.3 Å². The maximum absolute atomic E-state index is 12.1. The van der Waals surface area contributed by atoms with Gasteiger partial charge in [-0.2, -0.15) is 0 Å². The second-order valence-corrected chi connectivity index (χ2v) is 5.83. The molecule has 0 amide bonds. The van der Waals surface area contributed by atoms with Gasteiger partial charge in [0.15, 0.2) is 0 Å². The summed E-state index contributed by atoms with van der Waals surface area (Å²) in [6.45, 7) is 1.32. The van der Waals surface area contributed by atoms with Gasteiger partial charge in [-0.15, -0.1) is 0 Å². The van der Waals surface area contributed by atoms with Crippen LogP contribution in [-0.2, 0) is 13.1 Å². The molecule has 3 rings (SSSR count). The average Bonchev–Trinajstić information content (AvgIpc) is 2.92. The second kappa shape index (κ2) is 5.79. The van der Waals surface area contributed by atoms with Crippen LogP contribution >= 0.6 is 15.9 Å². The third kappa shape index (κ3) is 3.20. The summed E-state index contributed by atoms with van der Waals surface area (Å²) in [5.74, 6) is 0. The summed E-state index contributed by atoms with van der Waals surface area (Å²) < 4.78 is 2.38. The second-order valence-electron chi connectivity index (χ2n) is 4.91. The van der Waals surface area contributed by atoms with Crippen LogP contribution in [0.15, 0.2) is 46.2 Å². The van der Waals surface area contributed by atoms with E-state index in [-0.39, 0.29) is 5.56 Å². The number of hydrogen-bond donors (Lipinski definition) is 1. The molecule has 3 heterocycles. The maximum Gasteiger partial charge on any atom is 0.258 e. The molecule has 3 aromatic heterocycles. The van der Waals surface area contributed by atoms with E-state index in [2.05, 4.69) is 35.8 Å². The van der Waals surface area contributed by atoms with Crippen molar-refractivity contribution < 1.29 is 0 Å². The van der Waals surface area contributed by atoms with Gasteiger partial charge in [-0.05, 0) is 35.1 Å². The number of halogens is 1. The van der Waals surface area contributed by atoms with Gasteiger partial charge < -0.3 is 4.98 Å². The molecule has 1 N–H and O–H groups in total. The van der Waals surface area contributed by atoms with Crippen LogP contribution in [0.2, 0.25) is 0 Å². The lowest BCUT2D eigenvalue weighted by Gasteiger charge is -2.15. The monoisotopic (exact) mass is 347 g/mol. The molecule has 108 valence electrons. The molecule has 7 heteroatoms. The van der Waals surface area contributed by atoms with Crippen molar-refractivity contribution >= 4 is 21.6 Å². The number of nitrogens with zero attached hydrogens (tertiary/aromatic N) is 4. The first-order valence-electron chi connectivity index (χ1n) is 6.45. The quantitative estimate of drug-likeness (QED) is 0.781. The van der Waals surface area contributed by atoms with E-state index in [0.29, 0.717) is 12.2 Å². The SMILES string of the molecule is CN(Cc1cc(=O)n2cc(Br)ccc2n1)Cc1cnc[nH]1. The van der Waals surface area contributed by atoms with Gasteiger partial charge in [-0.1, -0.05) is 0 Å². The Labute approximate surface area is 129 Å². The Morgan fingerprint density at radius 1 is 1.38 bits per heavy atom. The van der Waals surface area contributed by atoms with Gasteiger partial charge >= 0.3 is 0 Å². The van der Waals surface area contributed by atoms with Crippen LogP contribution in [0.1, 0.15) is 11.4 Å². The lowest BCUT2D eigenvalue weighted by atomic mass is 10.3. The minimum absolute atomic E-state index is 0.0776. The molecular formula is C14H14BrN5O. The molecular weight excluding hydrogens is 334 g/mol. The first kappa shape index (κ1) is 14.0. The smallest absolute Gasteiger partial charge is 0.258 e. The van der Waals surface area contributed by atoms with Crippen LogP contribution in [0.25, 0.3) is 5.65 Å². The molecule has 0 spiro atoms. The van der Waals surface area contributed by atoms with Crippen molar-refractivity contribution in [3.63, 3.8) is 0 Å². The fraction of sp³-hybridized carbons (Fsp3) is 0.214. The van der Waals surface area contributed by atoms with Gasteiger partial charge in [-0.25, -0.2) is 9.97 Å². The van der Waals surface area contributed by atoms with Crippen LogP contribution in [0.3, 0.4) is 0 Å². The molecule has 0 bridgehead atoms. The zero-order valence-electron chi connectivity index (χ0n) is 11.5. The topological polar surface area (TPSA) is 66.3 Å². The molecule has 0 fully saturated rings. The zero-order chi connectivity index (χ0) is 14.8. The summed E-state index contributed by atoms with van der Waals surface area (Å²) >= 11 is 3.35. The Hall–Kier alpha value is -1.99. The molecule has 3 aromatic rings. The maximum atomic E-state index is 12.1. The summed E-state index contributed by atoms with van der Waals surface area (Å²) in [5.41, 5.74) is 2.35. The van der Waals surface area contributed by atoms with Crippen molar-refractivity contribution in [3.05, 3.63) is 63.1 Å². The number of hydrogen-bond acceptors (Lipinski definition) is 4. The molecule has 0 aliphatic heterocycles. The minimum Gasteiger partial charge on any atom is -0.347 e. The molecule has 6 nitrogen and oxygen atoms in total. The van der Waals surface area contributed by atoms with Crippen molar-refractivity contribution in [1.29, 1.82) is 0 Å². The van der Waals surface area contributed by atoms with E-state index in [4.69, 9.17) is 0 Å². The van der Waals surface area contributed by atoms with E-state index < -0.39 is 0 Å². The van der Waals surface area contributed by atoms with Crippen molar-refractivity contribution in [2.24, 2.45) is 0 Å². The Morgan fingerprint density at radius 2 is 2.24 bits per heavy atom. The lowest BCUT2D eigenvalue weighted by Crippen LogP contribution is -2.22. The number of rotatable bonds is 4. The Morgan fingerprint density at radius 3 is 3.00 bits per heavy atom. The average molecular weight is 348 g/mol. The summed E-state index contributed by atoms with van der Waals surface area (Å²) in [4.78, 5) is 25.8. The van der Waals surface area contributed by atoms with Crippen molar-refractivity contribution in [2.75, 3.05) is 7.05 Å². The first-order chi connectivity index (χ1) is 10.1. The highest BCUT2D eigenvalue weighted by Gasteiger charge is 2.07. The van der Waals surface area contributed by atoms with Crippen molar-refractivity contribution in [1.82, 2.24) is 24.3 Å². The molecule has 0 atom stereocenters. The van der Waals surface area contributed by atoms with E-state index in [1.54, 1.807) is 24.8 Å². The third-order valence-electron chi connectivity index (χ3n) is 3.10. The third-order valence-corrected chi connectivity index (χ3v) is 3.57.